The number of aromatic nitrogens is 1. The van der Waals surface area contributed by atoms with Crippen molar-refractivity contribution in [1.29, 1.82) is 0 Å². The van der Waals surface area contributed by atoms with Crippen molar-refractivity contribution in [3.8, 4) is 0 Å². The first kappa shape index (κ1) is 15.6. The van der Waals surface area contributed by atoms with Crippen molar-refractivity contribution in [3.05, 3.63) is 65.2 Å². The number of pyridine rings is 1. The number of nitrogens with one attached hydrogen (secondary N) is 1. The van der Waals surface area contributed by atoms with Gasteiger partial charge in [-0.25, -0.2) is 4.98 Å². The molecule has 0 bridgehead atoms. The highest BCUT2D eigenvalue weighted by Gasteiger charge is 2.24. The molecule has 1 aliphatic carbocycles. The first-order valence-corrected chi connectivity index (χ1v) is 8.72. The number of allylic oxidation sites excluding steroid dienone is 1. The second kappa shape index (κ2) is 6.55. The molecule has 2 aromatic heterocycles. The SMILES string of the molecule is CCNC(=O)c1c2c(nc3ccccc13)/C(=C/c1ccco1)CCC2. The van der Waals surface area contributed by atoms with E-state index in [1.54, 1.807) is 6.26 Å². The van der Waals surface area contributed by atoms with E-state index in [0.717, 1.165) is 58.3 Å². The Morgan fingerprint density at radius 1 is 1.24 bits per heavy atom. The van der Waals surface area contributed by atoms with Crippen LogP contribution in [0.15, 0.2) is 47.1 Å². The van der Waals surface area contributed by atoms with Gasteiger partial charge in [-0.3, -0.25) is 4.79 Å². The third-order valence-corrected chi connectivity index (χ3v) is 4.59. The van der Waals surface area contributed by atoms with Crippen LogP contribution in [0.2, 0.25) is 0 Å². The first-order chi connectivity index (χ1) is 12.3. The topological polar surface area (TPSA) is 55.1 Å². The number of para-hydroxylation sites is 1. The van der Waals surface area contributed by atoms with Crippen molar-refractivity contribution in [2.75, 3.05) is 6.54 Å². The van der Waals surface area contributed by atoms with Gasteiger partial charge in [0.25, 0.3) is 5.91 Å². The zero-order valence-electron chi connectivity index (χ0n) is 14.2. The van der Waals surface area contributed by atoms with Crippen LogP contribution in [0.3, 0.4) is 0 Å². The highest BCUT2D eigenvalue weighted by molar-refractivity contribution is 6.09. The second-order valence-corrected chi connectivity index (χ2v) is 6.23. The van der Waals surface area contributed by atoms with E-state index in [0.29, 0.717) is 6.54 Å². The Kier molecular flexibility index (Phi) is 4.10. The predicted octanol–water partition coefficient (Wildman–Crippen LogP) is 4.45. The maximum absolute atomic E-state index is 12.8. The van der Waals surface area contributed by atoms with Gasteiger partial charge in [0.05, 0.1) is 23.0 Å². The Morgan fingerprint density at radius 3 is 2.92 bits per heavy atom. The summed E-state index contributed by atoms with van der Waals surface area (Å²) in [5.74, 6) is 0.800. The summed E-state index contributed by atoms with van der Waals surface area (Å²) in [7, 11) is 0. The number of carbonyl (C=O) groups is 1. The summed E-state index contributed by atoms with van der Waals surface area (Å²) in [5.41, 5.74) is 4.74. The van der Waals surface area contributed by atoms with Crippen molar-refractivity contribution in [3.63, 3.8) is 0 Å². The first-order valence-electron chi connectivity index (χ1n) is 8.72. The number of fused-ring (bicyclic) bond motifs is 2. The molecule has 126 valence electrons. The number of rotatable bonds is 3. The maximum atomic E-state index is 12.8. The van der Waals surface area contributed by atoms with Gasteiger partial charge in [-0.15, -0.1) is 0 Å². The average molecular weight is 332 g/mol. The van der Waals surface area contributed by atoms with Crippen molar-refractivity contribution >= 4 is 28.5 Å². The summed E-state index contributed by atoms with van der Waals surface area (Å²) < 4.78 is 5.47. The lowest BCUT2D eigenvalue weighted by Crippen LogP contribution is -2.26. The zero-order valence-corrected chi connectivity index (χ0v) is 14.2. The van der Waals surface area contributed by atoms with Crippen molar-refractivity contribution < 1.29 is 9.21 Å². The molecule has 3 aromatic rings. The molecule has 1 aliphatic rings. The van der Waals surface area contributed by atoms with Gasteiger partial charge in [-0.1, -0.05) is 18.2 Å². The molecule has 25 heavy (non-hydrogen) atoms. The quantitative estimate of drug-likeness (QED) is 0.771. The van der Waals surface area contributed by atoms with Crippen LogP contribution >= 0.6 is 0 Å². The Morgan fingerprint density at radius 2 is 2.12 bits per heavy atom. The fourth-order valence-corrected chi connectivity index (χ4v) is 3.53. The molecular weight excluding hydrogens is 312 g/mol. The van der Waals surface area contributed by atoms with Gasteiger partial charge < -0.3 is 9.73 Å². The summed E-state index contributed by atoms with van der Waals surface area (Å²) >= 11 is 0. The van der Waals surface area contributed by atoms with Gasteiger partial charge in [0.1, 0.15) is 5.76 Å². The molecule has 4 rings (SSSR count). The van der Waals surface area contributed by atoms with Crippen LogP contribution in [-0.4, -0.2) is 17.4 Å². The molecule has 2 heterocycles. The van der Waals surface area contributed by atoms with Crippen LogP contribution in [0.5, 0.6) is 0 Å². The van der Waals surface area contributed by atoms with Crippen LogP contribution in [0.1, 0.15) is 47.1 Å². The Balaban J connectivity index is 1.96. The third kappa shape index (κ3) is 2.84. The molecule has 0 fully saturated rings. The van der Waals surface area contributed by atoms with E-state index in [9.17, 15) is 4.79 Å². The van der Waals surface area contributed by atoms with Crippen molar-refractivity contribution in [2.24, 2.45) is 0 Å². The number of nitrogens with zero attached hydrogens (tertiary/aromatic N) is 1. The number of amides is 1. The molecule has 0 spiro atoms. The molecule has 1 aromatic carbocycles. The van der Waals surface area contributed by atoms with Gasteiger partial charge in [0.2, 0.25) is 0 Å². The highest BCUT2D eigenvalue weighted by atomic mass is 16.3. The smallest absolute Gasteiger partial charge is 0.252 e. The van der Waals surface area contributed by atoms with Gasteiger partial charge in [-0.05, 0) is 61.6 Å². The Bertz CT molecular complexity index is 955. The predicted molar refractivity (Wildman–Crippen MR) is 99.3 cm³/mol. The molecule has 0 unspecified atom stereocenters. The second-order valence-electron chi connectivity index (χ2n) is 6.23. The van der Waals surface area contributed by atoms with E-state index in [-0.39, 0.29) is 5.91 Å². The Labute approximate surface area is 146 Å². The molecule has 4 heteroatoms. The molecular formula is C21H20N2O2. The number of hydrogen-bond donors (Lipinski definition) is 1. The van der Waals surface area contributed by atoms with E-state index >= 15 is 0 Å². The largest absolute Gasteiger partial charge is 0.465 e. The minimum atomic E-state index is -0.0170. The van der Waals surface area contributed by atoms with Gasteiger partial charge in [0.15, 0.2) is 0 Å². The zero-order chi connectivity index (χ0) is 17.2. The minimum absolute atomic E-state index is 0.0170. The molecule has 0 aliphatic heterocycles. The van der Waals surface area contributed by atoms with E-state index in [4.69, 9.17) is 9.40 Å². The lowest BCUT2D eigenvalue weighted by atomic mass is 9.86. The highest BCUT2D eigenvalue weighted by Crippen LogP contribution is 2.36. The summed E-state index contributed by atoms with van der Waals surface area (Å²) in [6, 6.07) is 11.7. The standard InChI is InChI=1S/C21H20N2O2/c1-2-22-21(24)19-16-9-3-4-11-18(16)23-20-14(7-5-10-17(19)20)13-15-8-6-12-25-15/h3-4,6,8-9,11-13H,2,5,7,10H2,1H3,(H,22,24)/b14-13+. The van der Waals surface area contributed by atoms with E-state index < -0.39 is 0 Å². The molecule has 0 atom stereocenters. The minimum Gasteiger partial charge on any atom is -0.465 e. The summed E-state index contributed by atoms with van der Waals surface area (Å²) in [5, 5.41) is 3.88. The van der Waals surface area contributed by atoms with Gasteiger partial charge >= 0.3 is 0 Å². The fraction of sp³-hybridized carbons (Fsp3) is 0.238. The molecule has 0 saturated heterocycles. The van der Waals surface area contributed by atoms with E-state index in [1.165, 1.54) is 0 Å². The molecule has 4 nitrogen and oxygen atoms in total. The molecule has 1 N–H and O–H groups in total. The Hall–Kier alpha value is -2.88. The third-order valence-electron chi connectivity index (χ3n) is 4.59. The van der Waals surface area contributed by atoms with E-state index in [2.05, 4.69) is 5.32 Å². The normalized spacial score (nSPS) is 15.3. The van der Waals surface area contributed by atoms with Crippen LogP contribution in [0.4, 0.5) is 0 Å². The summed E-state index contributed by atoms with van der Waals surface area (Å²) in [6.07, 6.45) is 6.53. The van der Waals surface area contributed by atoms with Crippen molar-refractivity contribution in [2.45, 2.75) is 26.2 Å². The monoisotopic (exact) mass is 332 g/mol. The number of benzene rings is 1. The number of hydrogen-bond acceptors (Lipinski definition) is 3. The summed E-state index contributed by atoms with van der Waals surface area (Å²) in [6.45, 7) is 2.55. The lowest BCUT2D eigenvalue weighted by Gasteiger charge is -2.22. The van der Waals surface area contributed by atoms with Crippen LogP contribution in [0, 0.1) is 0 Å². The number of furan rings is 1. The fourth-order valence-electron chi connectivity index (χ4n) is 3.53. The lowest BCUT2D eigenvalue weighted by molar-refractivity contribution is 0.0956. The van der Waals surface area contributed by atoms with Gasteiger partial charge in [0, 0.05) is 11.9 Å². The van der Waals surface area contributed by atoms with Crippen LogP contribution in [0.25, 0.3) is 22.6 Å². The molecule has 0 radical (unpaired) electrons. The van der Waals surface area contributed by atoms with Crippen molar-refractivity contribution in [1.82, 2.24) is 10.3 Å². The molecule has 0 saturated carbocycles. The summed E-state index contributed by atoms with van der Waals surface area (Å²) in [4.78, 5) is 17.7. The maximum Gasteiger partial charge on any atom is 0.252 e. The van der Waals surface area contributed by atoms with Gasteiger partial charge in [-0.2, -0.15) is 0 Å². The molecule has 1 amide bonds. The van der Waals surface area contributed by atoms with Crippen LogP contribution < -0.4 is 5.32 Å². The average Bonchev–Trinajstić information content (AvgIpc) is 3.13. The van der Waals surface area contributed by atoms with Crippen LogP contribution in [-0.2, 0) is 6.42 Å². The number of carbonyl (C=O) groups excluding carboxylic acids is 1. The van der Waals surface area contributed by atoms with E-state index in [1.807, 2.05) is 49.4 Å².